The maximum atomic E-state index is 4.80. The van der Waals surface area contributed by atoms with Crippen LogP contribution in [0.2, 0.25) is 0 Å². The van der Waals surface area contributed by atoms with E-state index in [4.69, 9.17) is 4.98 Å². The van der Waals surface area contributed by atoms with Gasteiger partial charge in [0.1, 0.15) is 5.65 Å². The van der Waals surface area contributed by atoms with Crippen molar-refractivity contribution in [3.8, 4) is 0 Å². The molecule has 0 saturated carbocycles. The van der Waals surface area contributed by atoms with Crippen molar-refractivity contribution in [2.75, 3.05) is 0 Å². The molecule has 2 nitrogen and oxygen atoms in total. The first kappa shape index (κ1) is 15.9. The van der Waals surface area contributed by atoms with Crippen molar-refractivity contribution < 1.29 is 0 Å². The van der Waals surface area contributed by atoms with Crippen molar-refractivity contribution in [3.63, 3.8) is 0 Å². The van der Waals surface area contributed by atoms with Gasteiger partial charge in [-0.15, -0.1) is 0 Å². The topological polar surface area (TPSA) is 17.3 Å². The van der Waals surface area contributed by atoms with E-state index in [0.717, 1.165) is 5.65 Å². The maximum absolute atomic E-state index is 4.80. The SMILES string of the molecule is Cc1ccc2cc3c(cc2c1)c1nccc2cc4cc(C(C)(C)C)cc3c4n21. The summed E-state index contributed by atoms with van der Waals surface area (Å²) < 4.78 is 2.33. The molecule has 0 N–H and O–H groups in total. The molecule has 0 radical (unpaired) electrons. The molecule has 0 aliphatic carbocycles. The molecule has 2 heteroatoms. The number of benzene rings is 3. The summed E-state index contributed by atoms with van der Waals surface area (Å²) in [6, 6.07) is 20.5. The number of aryl methyl sites for hydroxylation is 1. The van der Waals surface area contributed by atoms with Gasteiger partial charge in [-0.05, 0) is 70.5 Å². The minimum absolute atomic E-state index is 0.103. The lowest BCUT2D eigenvalue weighted by Gasteiger charge is -2.21. The highest BCUT2D eigenvalue weighted by Crippen LogP contribution is 2.39. The van der Waals surface area contributed by atoms with E-state index in [1.54, 1.807) is 0 Å². The van der Waals surface area contributed by atoms with Gasteiger partial charge in [0, 0.05) is 27.9 Å². The maximum Gasteiger partial charge on any atom is 0.145 e. The number of hydrogen-bond acceptors (Lipinski definition) is 1. The molecule has 3 aromatic carbocycles. The van der Waals surface area contributed by atoms with Crippen LogP contribution in [-0.4, -0.2) is 9.38 Å². The van der Waals surface area contributed by atoms with Crippen LogP contribution in [0.1, 0.15) is 31.9 Å². The molecule has 0 bridgehead atoms. The third-order valence-electron chi connectivity index (χ3n) is 6.11. The summed E-state index contributed by atoms with van der Waals surface area (Å²) in [5.41, 5.74) is 6.30. The van der Waals surface area contributed by atoms with E-state index in [0.29, 0.717) is 0 Å². The third-order valence-corrected chi connectivity index (χ3v) is 6.11. The van der Waals surface area contributed by atoms with Gasteiger partial charge in [-0.25, -0.2) is 4.98 Å². The molecule has 0 unspecified atom stereocenters. The van der Waals surface area contributed by atoms with Crippen molar-refractivity contribution in [1.82, 2.24) is 9.38 Å². The van der Waals surface area contributed by atoms with Gasteiger partial charge < -0.3 is 0 Å². The summed E-state index contributed by atoms with van der Waals surface area (Å²) in [6.07, 6.45) is 1.93. The second-order valence-corrected chi connectivity index (χ2v) is 9.13. The predicted octanol–water partition coefficient (Wildman–Crippen LogP) is 6.99. The minimum Gasteiger partial charge on any atom is -0.293 e. The number of aromatic nitrogens is 2. The first-order chi connectivity index (χ1) is 13.4. The monoisotopic (exact) mass is 362 g/mol. The summed E-state index contributed by atoms with van der Waals surface area (Å²) in [6.45, 7) is 9.02. The highest BCUT2D eigenvalue weighted by atomic mass is 15.0. The first-order valence-corrected chi connectivity index (χ1v) is 9.90. The van der Waals surface area contributed by atoms with Crippen LogP contribution in [0.4, 0.5) is 0 Å². The Morgan fingerprint density at radius 2 is 1.57 bits per heavy atom. The zero-order valence-electron chi connectivity index (χ0n) is 16.7. The van der Waals surface area contributed by atoms with Crippen molar-refractivity contribution >= 4 is 49.0 Å². The van der Waals surface area contributed by atoms with Gasteiger partial charge >= 0.3 is 0 Å². The molecule has 0 aliphatic heterocycles. The molecule has 0 spiro atoms. The summed E-state index contributed by atoms with van der Waals surface area (Å²) >= 11 is 0. The van der Waals surface area contributed by atoms with Gasteiger partial charge in [-0.2, -0.15) is 0 Å². The van der Waals surface area contributed by atoms with Gasteiger partial charge in [0.15, 0.2) is 0 Å². The van der Waals surface area contributed by atoms with Crippen LogP contribution in [0.3, 0.4) is 0 Å². The Hall–Kier alpha value is -3.13. The lowest BCUT2D eigenvalue weighted by atomic mass is 9.85. The molecule has 3 aromatic heterocycles. The molecule has 3 heterocycles. The molecule has 136 valence electrons. The molecule has 0 aliphatic rings. The fourth-order valence-corrected chi connectivity index (χ4v) is 4.62. The Balaban J connectivity index is 1.94. The number of fused-ring (bicyclic) bond motifs is 4. The van der Waals surface area contributed by atoms with Crippen LogP contribution in [0, 0.1) is 6.92 Å². The first-order valence-electron chi connectivity index (χ1n) is 9.90. The highest BCUT2D eigenvalue weighted by Gasteiger charge is 2.20. The number of hydrogen-bond donors (Lipinski definition) is 0. The van der Waals surface area contributed by atoms with Crippen molar-refractivity contribution in [2.24, 2.45) is 0 Å². The second-order valence-electron chi connectivity index (χ2n) is 9.13. The fourth-order valence-electron chi connectivity index (χ4n) is 4.62. The normalized spacial score (nSPS) is 13.0. The van der Waals surface area contributed by atoms with Crippen molar-refractivity contribution in [2.45, 2.75) is 33.1 Å². The molecule has 6 rings (SSSR count). The molecule has 6 aromatic rings. The molecule has 0 fully saturated rings. The Morgan fingerprint density at radius 1 is 0.750 bits per heavy atom. The zero-order valence-corrected chi connectivity index (χ0v) is 16.7. The standard InChI is InChI=1S/C26H22N2/c1-15-5-6-16-12-21-22-14-19(26(2,3)4)10-18-11-20-7-8-27-25(28(20)24(18)22)23(21)13-17(16)9-15/h5-14H,1-4H3. The zero-order chi connectivity index (χ0) is 19.2. The quantitative estimate of drug-likeness (QED) is 0.210. The largest absolute Gasteiger partial charge is 0.293 e. The van der Waals surface area contributed by atoms with E-state index in [2.05, 4.69) is 86.7 Å². The van der Waals surface area contributed by atoms with Crippen LogP contribution >= 0.6 is 0 Å². The molecule has 0 amide bonds. The molecular formula is C26H22N2. The van der Waals surface area contributed by atoms with Crippen LogP contribution in [0.15, 0.2) is 60.8 Å². The number of pyridine rings is 1. The Labute approximate surface area is 163 Å². The average molecular weight is 362 g/mol. The summed E-state index contributed by atoms with van der Waals surface area (Å²) in [5.74, 6) is 0. The number of nitrogens with zero attached hydrogens (tertiary/aromatic N) is 2. The Morgan fingerprint density at radius 3 is 2.39 bits per heavy atom. The van der Waals surface area contributed by atoms with Gasteiger partial charge in [0.05, 0.1) is 5.52 Å². The van der Waals surface area contributed by atoms with E-state index in [1.807, 2.05) is 6.20 Å². The second kappa shape index (κ2) is 5.02. The van der Waals surface area contributed by atoms with E-state index in [1.165, 1.54) is 54.5 Å². The van der Waals surface area contributed by atoms with Gasteiger partial charge in [-0.1, -0.05) is 44.5 Å². The highest BCUT2D eigenvalue weighted by molar-refractivity contribution is 6.20. The van der Waals surface area contributed by atoms with E-state index in [9.17, 15) is 0 Å². The van der Waals surface area contributed by atoms with Gasteiger partial charge in [0.2, 0.25) is 0 Å². The molecule has 28 heavy (non-hydrogen) atoms. The lowest BCUT2D eigenvalue weighted by Crippen LogP contribution is -2.11. The third kappa shape index (κ3) is 2.00. The van der Waals surface area contributed by atoms with Crippen molar-refractivity contribution in [3.05, 3.63) is 71.9 Å². The van der Waals surface area contributed by atoms with Crippen LogP contribution < -0.4 is 0 Å². The van der Waals surface area contributed by atoms with Gasteiger partial charge in [-0.3, -0.25) is 4.40 Å². The average Bonchev–Trinajstić information content (AvgIpc) is 3.04. The number of rotatable bonds is 0. The van der Waals surface area contributed by atoms with Crippen LogP contribution in [0.25, 0.3) is 49.0 Å². The predicted molar refractivity (Wildman–Crippen MR) is 120 cm³/mol. The van der Waals surface area contributed by atoms with Crippen LogP contribution in [0.5, 0.6) is 0 Å². The fraction of sp³-hybridized carbons (Fsp3) is 0.192. The Kier molecular flexibility index (Phi) is 2.85. The molecule has 0 saturated heterocycles. The smallest absolute Gasteiger partial charge is 0.145 e. The molecular weight excluding hydrogens is 340 g/mol. The van der Waals surface area contributed by atoms with E-state index in [-0.39, 0.29) is 5.41 Å². The van der Waals surface area contributed by atoms with E-state index < -0.39 is 0 Å². The molecule has 0 atom stereocenters. The Bertz CT molecular complexity index is 1540. The summed E-state index contributed by atoms with van der Waals surface area (Å²) in [4.78, 5) is 4.80. The summed E-state index contributed by atoms with van der Waals surface area (Å²) in [5, 5.41) is 7.69. The minimum atomic E-state index is 0.103. The summed E-state index contributed by atoms with van der Waals surface area (Å²) in [7, 11) is 0. The van der Waals surface area contributed by atoms with Crippen LogP contribution in [-0.2, 0) is 5.41 Å². The van der Waals surface area contributed by atoms with E-state index >= 15 is 0 Å². The van der Waals surface area contributed by atoms with Gasteiger partial charge in [0.25, 0.3) is 0 Å². The lowest BCUT2D eigenvalue weighted by molar-refractivity contribution is 0.592. The van der Waals surface area contributed by atoms with Crippen molar-refractivity contribution in [1.29, 1.82) is 0 Å².